The molecule has 2 aromatic carbocycles. The van der Waals surface area contributed by atoms with E-state index in [2.05, 4.69) is 20.6 Å². The van der Waals surface area contributed by atoms with Crippen LogP contribution in [-0.2, 0) is 0 Å². The molecule has 0 saturated heterocycles. The van der Waals surface area contributed by atoms with Crippen molar-refractivity contribution in [3.63, 3.8) is 0 Å². The maximum Gasteiger partial charge on any atom is 0.255 e. The summed E-state index contributed by atoms with van der Waals surface area (Å²) in [5.41, 5.74) is 3.10. The number of nitrogens with zero attached hydrogens (tertiary/aromatic N) is 4. The summed E-state index contributed by atoms with van der Waals surface area (Å²) in [5, 5.41) is 11.5. The topological polar surface area (TPSA) is 81.9 Å². The van der Waals surface area contributed by atoms with E-state index in [0.717, 1.165) is 5.69 Å². The highest BCUT2D eigenvalue weighted by molar-refractivity contribution is 6.31. The molecule has 2 aromatic heterocycles. The number of benzene rings is 2. The van der Waals surface area contributed by atoms with Gasteiger partial charge in [0.05, 0.1) is 18.5 Å². The molecule has 7 nitrogen and oxygen atoms in total. The van der Waals surface area contributed by atoms with Crippen molar-refractivity contribution < 1.29 is 9.53 Å². The quantitative estimate of drug-likeness (QED) is 0.584. The van der Waals surface area contributed by atoms with Gasteiger partial charge in [-0.3, -0.25) is 4.79 Å². The molecule has 1 amide bonds. The lowest BCUT2D eigenvalue weighted by Crippen LogP contribution is -2.12. The molecule has 8 heteroatoms. The summed E-state index contributed by atoms with van der Waals surface area (Å²) in [6, 6.07) is 15.7. The molecule has 0 aliphatic carbocycles. The molecule has 0 aliphatic heterocycles. The van der Waals surface area contributed by atoms with E-state index >= 15 is 0 Å². The number of aromatic nitrogens is 4. The van der Waals surface area contributed by atoms with E-state index in [9.17, 15) is 4.79 Å². The summed E-state index contributed by atoms with van der Waals surface area (Å²) >= 11 is 6.00. The summed E-state index contributed by atoms with van der Waals surface area (Å²) < 4.78 is 6.87. The zero-order valence-electron chi connectivity index (χ0n) is 14.3. The van der Waals surface area contributed by atoms with Gasteiger partial charge in [-0.05, 0) is 54.6 Å². The lowest BCUT2D eigenvalue weighted by atomic mass is 10.2. The van der Waals surface area contributed by atoms with E-state index in [1.165, 1.54) is 7.11 Å². The van der Waals surface area contributed by atoms with Gasteiger partial charge in [0.25, 0.3) is 5.91 Å². The van der Waals surface area contributed by atoms with Crippen molar-refractivity contribution in [3.05, 3.63) is 71.4 Å². The minimum atomic E-state index is -0.274. The molecule has 0 fully saturated rings. The molecule has 0 spiro atoms. The van der Waals surface area contributed by atoms with E-state index in [-0.39, 0.29) is 5.91 Å². The molecule has 4 aromatic rings. The first-order chi connectivity index (χ1) is 13.2. The van der Waals surface area contributed by atoms with E-state index in [4.69, 9.17) is 16.3 Å². The maximum atomic E-state index is 12.5. The molecule has 134 valence electrons. The van der Waals surface area contributed by atoms with Crippen LogP contribution < -0.4 is 10.1 Å². The van der Waals surface area contributed by atoms with E-state index in [1.807, 2.05) is 6.07 Å². The summed E-state index contributed by atoms with van der Waals surface area (Å²) in [5.74, 6) is 0.258. The fourth-order valence-electron chi connectivity index (χ4n) is 2.67. The molecule has 0 atom stereocenters. The first-order valence-corrected chi connectivity index (χ1v) is 8.45. The first-order valence-electron chi connectivity index (χ1n) is 8.07. The summed E-state index contributed by atoms with van der Waals surface area (Å²) in [6.45, 7) is 0. The van der Waals surface area contributed by atoms with Gasteiger partial charge in [0.2, 0.25) is 0 Å². The van der Waals surface area contributed by atoms with E-state index in [0.29, 0.717) is 33.2 Å². The molecule has 0 unspecified atom stereocenters. The average Bonchev–Trinajstić information content (AvgIpc) is 3.12. The first kappa shape index (κ1) is 17.0. The highest BCUT2D eigenvalue weighted by Crippen LogP contribution is 2.28. The van der Waals surface area contributed by atoms with Crippen molar-refractivity contribution in [3.8, 4) is 11.4 Å². The molecular formula is C19H14ClN5O2. The number of pyridine rings is 1. The third-order valence-electron chi connectivity index (χ3n) is 3.99. The number of amides is 1. The number of rotatable bonds is 4. The Balaban J connectivity index is 1.59. The van der Waals surface area contributed by atoms with Gasteiger partial charge in [0.1, 0.15) is 11.3 Å². The van der Waals surface area contributed by atoms with Gasteiger partial charge in [-0.1, -0.05) is 16.8 Å². The lowest BCUT2D eigenvalue weighted by Gasteiger charge is -2.11. The Labute approximate surface area is 159 Å². The predicted octanol–water partition coefficient (Wildman–Crippen LogP) is 3.73. The van der Waals surface area contributed by atoms with Crippen LogP contribution in [0.4, 0.5) is 5.69 Å². The maximum absolute atomic E-state index is 12.5. The van der Waals surface area contributed by atoms with Crippen molar-refractivity contribution >= 4 is 34.4 Å². The third-order valence-corrected chi connectivity index (χ3v) is 4.23. The number of methoxy groups -OCH3 is 1. The Bertz CT molecular complexity index is 1120. The number of carbonyl (C=O) groups is 1. The number of carbonyl (C=O) groups excluding carboxylic acids is 1. The van der Waals surface area contributed by atoms with Crippen LogP contribution in [0.3, 0.4) is 0 Å². The second-order valence-electron chi connectivity index (χ2n) is 5.69. The number of ether oxygens (including phenoxy) is 1. The number of hydrogen-bond acceptors (Lipinski definition) is 5. The second kappa shape index (κ2) is 7.05. The van der Waals surface area contributed by atoms with Crippen LogP contribution in [0.25, 0.3) is 16.9 Å². The Kier molecular flexibility index (Phi) is 4.43. The zero-order valence-corrected chi connectivity index (χ0v) is 15.0. The van der Waals surface area contributed by atoms with Gasteiger partial charge < -0.3 is 10.1 Å². The molecule has 0 aliphatic rings. The van der Waals surface area contributed by atoms with Gasteiger partial charge in [-0.2, -0.15) is 4.68 Å². The van der Waals surface area contributed by atoms with Crippen molar-refractivity contribution in [2.24, 2.45) is 0 Å². The standard InChI is InChI=1S/C19H14ClN5O2/c1-27-17-9-6-13(20)11-16(17)22-19(26)12-4-7-14(8-5-12)25-18-15(23-24-25)3-2-10-21-18/h2-11H,1H3,(H,22,26). The Morgan fingerprint density at radius 1 is 1.15 bits per heavy atom. The number of nitrogens with one attached hydrogen (secondary N) is 1. The minimum Gasteiger partial charge on any atom is -0.495 e. The minimum absolute atomic E-state index is 0.274. The van der Waals surface area contributed by atoms with Crippen molar-refractivity contribution in [2.75, 3.05) is 12.4 Å². The van der Waals surface area contributed by atoms with Crippen LogP contribution in [0.5, 0.6) is 5.75 Å². The monoisotopic (exact) mass is 379 g/mol. The van der Waals surface area contributed by atoms with E-state index in [1.54, 1.807) is 59.4 Å². The predicted molar refractivity (Wildman–Crippen MR) is 103 cm³/mol. The highest BCUT2D eigenvalue weighted by atomic mass is 35.5. The van der Waals surface area contributed by atoms with Crippen molar-refractivity contribution in [1.29, 1.82) is 0 Å². The molecule has 27 heavy (non-hydrogen) atoms. The summed E-state index contributed by atoms with van der Waals surface area (Å²) in [4.78, 5) is 16.8. The molecule has 1 N–H and O–H groups in total. The van der Waals surface area contributed by atoms with Crippen molar-refractivity contribution in [2.45, 2.75) is 0 Å². The highest BCUT2D eigenvalue weighted by Gasteiger charge is 2.12. The summed E-state index contributed by atoms with van der Waals surface area (Å²) in [7, 11) is 1.53. The van der Waals surface area contributed by atoms with E-state index < -0.39 is 0 Å². The van der Waals surface area contributed by atoms with Crippen LogP contribution in [-0.4, -0.2) is 33.0 Å². The Morgan fingerprint density at radius 2 is 1.96 bits per heavy atom. The Hall–Kier alpha value is -3.45. The zero-order chi connectivity index (χ0) is 18.8. The fraction of sp³-hybridized carbons (Fsp3) is 0.0526. The average molecular weight is 380 g/mol. The van der Waals surface area contributed by atoms with Crippen LogP contribution in [0, 0.1) is 0 Å². The second-order valence-corrected chi connectivity index (χ2v) is 6.13. The van der Waals surface area contributed by atoms with Gasteiger partial charge in [-0.15, -0.1) is 5.10 Å². The molecule has 4 rings (SSSR count). The van der Waals surface area contributed by atoms with Crippen LogP contribution >= 0.6 is 11.6 Å². The number of hydrogen-bond donors (Lipinski definition) is 1. The molecular weight excluding hydrogens is 366 g/mol. The van der Waals surface area contributed by atoms with Gasteiger partial charge in [-0.25, -0.2) is 4.98 Å². The Morgan fingerprint density at radius 3 is 2.74 bits per heavy atom. The molecule has 0 radical (unpaired) electrons. The molecule has 0 bridgehead atoms. The largest absolute Gasteiger partial charge is 0.495 e. The smallest absolute Gasteiger partial charge is 0.255 e. The normalized spacial score (nSPS) is 10.7. The van der Waals surface area contributed by atoms with Crippen LogP contribution in [0.1, 0.15) is 10.4 Å². The molecule has 0 saturated carbocycles. The SMILES string of the molecule is COc1ccc(Cl)cc1NC(=O)c1ccc(-n2nnc3cccnc32)cc1. The fourth-order valence-corrected chi connectivity index (χ4v) is 2.84. The summed E-state index contributed by atoms with van der Waals surface area (Å²) in [6.07, 6.45) is 1.68. The van der Waals surface area contributed by atoms with Crippen molar-refractivity contribution in [1.82, 2.24) is 20.0 Å². The number of halogens is 1. The van der Waals surface area contributed by atoms with Gasteiger partial charge in [0.15, 0.2) is 5.65 Å². The third kappa shape index (κ3) is 3.32. The van der Waals surface area contributed by atoms with Crippen LogP contribution in [0.15, 0.2) is 60.8 Å². The number of fused-ring (bicyclic) bond motifs is 1. The lowest BCUT2D eigenvalue weighted by molar-refractivity contribution is 0.102. The van der Waals surface area contributed by atoms with Gasteiger partial charge in [0, 0.05) is 16.8 Å². The van der Waals surface area contributed by atoms with Gasteiger partial charge >= 0.3 is 0 Å². The molecule has 2 heterocycles. The van der Waals surface area contributed by atoms with Crippen LogP contribution in [0.2, 0.25) is 5.02 Å². The number of anilines is 1.